The van der Waals surface area contributed by atoms with Gasteiger partial charge in [0.05, 0.1) is 6.61 Å². The van der Waals surface area contributed by atoms with Gasteiger partial charge in [0.1, 0.15) is 5.78 Å². The van der Waals surface area contributed by atoms with Crippen LogP contribution in [0.2, 0.25) is 0 Å². The molecule has 0 atom stereocenters. The molecule has 0 fully saturated rings. The van der Waals surface area contributed by atoms with E-state index in [4.69, 9.17) is 4.74 Å². The monoisotopic (exact) mass is 206 g/mol. The summed E-state index contributed by atoms with van der Waals surface area (Å²) in [7, 11) is 1.61. The second kappa shape index (κ2) is 5.66. The minimum atomic E-state index is 0.236. The molecule has 82 valence electrons. The van der Waals surface area contributed by atoms with E-state index in [-0.39, 0.29) is 5.78 Å². The fourth-order valence-electron chi connectivity index (χ4n) is 1.45. The van der Waals surface area contributed by atoms with Gasteiger partial charge in [-0.1, -0.05) is 18.2 Å². The van der Waals surface area contributed by atoms with Crippen molar-refractivity contribution in [1.82, 2.24) is 0 Å². The number of ether oxygens (including phenoxy) is 1. The minimum absolute atomic E-state index is 0.236. The van der Waals surface area contributed by atoms with E-state index in [0.29, 0.717) is 19.4 Å². The summed E-state index contributed by atoms with van der Waals surface area (Å²) in [4.78, 5) is 11.5. The summed E-state index contributed by atoms with van der Waals surface area (Å²) in [6.45, 7) is 4.66. The molecule has 2 nitrogen and oxygen atoms in total. The maximum absolute atomic E-state index is 11.5. The van der Waals surface area contributed by atoms with E-state index in [2.05, 4.69) is 26.0 Å². The molecular weight excluding hydrogens is 188 g/mol. The summed E-state index contributed by atoms with van der Waals surface area (Å²) in [6, 6.07) is 6.17. The first-order valence-electron chi connectivity index (χ1n) is 5.20. The SMILES string of the molecule is COCCC(=O)Cc1ccc(C)c(C)c1. The van der Waals surface area contributed by atoms with Gasteiger partial charge in [-0.25, -0.2) is 0 Å². The highest BCUT2D eigenvalue weighted by atomic mass is 16.5. The second-order valence-corrected chi connectivity index (χ2v) is 3.88. The zero-order valence-electron chi connectivity index (χ0n) is 9.67. The van der Waals surface area contributed by atoms with Crippen LogP contribution in [0.4, 0.5) is 0 Å². The second-order valence-electron chi connectivity index (χ2n) is 3.88. The Morgan fingerprint density at radius 2 is 2.00 bits per heavy atom. The number of Topliss-reactive ketones (excluding diaryl/α,β-unsaturated/α-hetero) is 1. The highest BCUT2D eigenvalue weighted by Crippen LogP contribution is 2.11. The summed E-state index contributed by atoms with van der Waals surface area (Å²) >= 11 is 0. The number of methoxy groups -OCH3 is 1. The van der Waals surface area contributed by atoms with Crippen molar-refractivity contribution in [2.75, 3.05) is 13.7 Å². The van der Waals surface area contributed by atoms with Crippen LogP contribution in [0.5, 0.6) is 0 Å². The van der Waals surface area contributed by atoms with Crippen molar-refractivity contribution >= 4 is 5.78 Å². The molecule has 0 unspecified atom stereocenters. The molecule has 1 rings (SSSR count). The van der Waals surface area contributed by atoms with E-state index in [9.17, 15) is 4.79 Å². The fraction of sp³-hybridized carbons (Fsp3) is 0.462. The molecule has 0 aliphatic heterocycles. The van der Waals surface area contributed by atoms with Crippen LogP contribution in [0.1, 0.15) is 23.1 Å². The fourth-order valence-corrected chi connectivity index (χ4v) is 1.45. The topological polar surface area (TPSA) is 26.3 Å². The van der Waals surface area contributed by atoms with Crippen LogP contribution in [0.25, 0.3) is 0 Å². The van der Waals surface area contributed by atoms with E-state index in [1.807, 2.05) is 6.07 Å². The van der Waals surface area contributed by atoms with Crippen molar-refractivity contribution in [2.24, 2.45) is 0 Å². The van der Waals surface area contributed by atoms with Crippen molar-refractivity contribution in [3.63, 3.8) is 0 Å². The van der Waals surface area contributed by atoms with Crippen LogP contribution in [-0.4, -0.2) is 19.5 Å². The molecule has 0 heterocycles. The number of hydrogen-bond acceptors (Lipinski definition) is 2. The van der Waals surface area contributed by atoms with E-state index in [0.717, 1.165) is 5.56 Å². The molecule has 0 aliphatic carbocycles. The third-order valence-electron chi connectivity index (χ3n) is 2.56. The lowest BCUT2D eigenvalue weighted by molar-refractivity contribution is -0.119. The molecule has 0 N–H and O–H groups in total. The van der Waals surface area contributed by atoms with Gasteiger partial charge < -0.3 is 4.74 Å². The summed E-state index contributed by atoms with van der Waals surface area (Å²) < 4.78 is 4.87. The van der Waals surface area contributed by atoms with Crippen molar-refractivity contribution < 1.29 is 9.53 Å². The maximum Gasteiger partial charge on any atom is 0.139 e. The molecule has 2 heteroatoms. The molecule has 0 aliphatic rings. The van der Waals surface area contributed by atoms with E-state index >= 15 is 0 Å². The van der Waals surface area contributed by atoms with Crippen LogP contribution in [0.3, 0.4) is 0 Å². The predicted octanol–water partition coefficient (Wildman–Crippen LogP) is 2.45. The number of carbonyl (C=O) groups excluding carboxylic acids is 1. The zero-order chi connectivity index (χ0) is 11.3. The van der Waals surface area contributed by atoms with E-state index in [1.165, 1.54) is 11.1 Å². The molecule has 0 saturated heterocycles. The molecule has 0 amide bonds. The van der Waals surface area contributed by atoms with Crippen LogP contribution >= 0.6 is 0 Å². The lowest BCUT2D eigenvalue weighted by Crippen LogP contribution is -2.06. The highest BCUT2D eigenvalue weighted by Gasteiger charge is 2.04. The molecule has 0 bridgehead atoms. The summed E-state index contributed by atoms with van der Waals surface area (Å²) in [5, 5.41) is 0. The summed E-state index contributed by atoms with van der Waals surface area (Å²) in [6.07, 6.45) is 1.02. The van der Waals surface area contributed by atoms with Gasteiger partial charge in [0.2, 0.25) is 0 Å². The smallest absolute Gasteiger partial charge is 0.139 e. The average Bonchev–Trinajstić information content (AvgIpc) is 2.20. The van der Waals surface area contributed by atoms with Crippen molar-refractivity contribution in [3.05, 3.63) is 34.9 Å². The summed E-state index contributed by atoms with van der Waals surface area (Å²) in [5.41, 5.74) is 3.61. The quantitative estimate of drug-likeness (QED) is 0.739. The number of rotatable bonds is 5. The minimum Gasteiger partial charge on any atom is -0.384 e. The molecule has 15 heavy (non-hydrogen) atoms. The Kier molecular flexibility index (Phi) is 4.50. The maximum atomic E-state index is 11.5. The van der Waals surface area contributed by atoms with Crippen molar-refractivity contribution in [3.8, 4) is 0 Å². The first-order valence-corrected chi connectivity index (χ1v) is 5.20. The standard InChI is InChI=1S/C13H18O2/c1-10-4-5-12(8-11(10)2)9-13(14)6-7-15-3/h4-5,8H,6-7,9H2,1-3H3. The Hall–Kier alpha value is -1.15. The van der Waals surface area contributed by atoms with Crippen LogP contribution < -0.4 is 0 Å². The molecule has 1 aromatic rings. The molecule has 0 radical (unpaired) electrons. The Morgan fingerprint density at radius 3 is 2.60 bits per heavy atom. The van der Waals surface area contributed by atoms with Gasteiger partial charge in [-0.2, -0.15) is 0 Å². The lowest BCUT2D eigenvalue weighted by atomic mass is 10.0. The third kappa shape index (κ3) is 3.84. The lowest BCUT2D eigenvalue weighted by Gasteiger charge is -2.04. The number of ketones is 1. The Balaban J connectivity index is 2.57. The first kappa shape index (κ1) is 11.9. The molecular formula is C13H18O2. The van der Waals surface area contributed by atoms with Crippen LogP contribution in [0, 0.1) is 13.8 Å². The van der Waals surface area contributed by atoms with Gasteiger partial charge in [0.25, 0.3) is 0 Å². The Bertz CT molecular complexity index is 342. The van der Waals surface area contributed by atoms with E-state index in [1.54, 1.807) is 7.11 Å². The average molecular weight is 206 g/mol. The predicted molar refractivity (Wildman–Crippen MR) is 61.1 cm³/mol. The molecule has 0 spiro atoms. The molecule has 0 saturated carbocycles. The van der Waals surface area contributed by atoms with Gasteiger partial charge in [-0.3, -0.25) is 4.79 Å². The molecule has 0 aromatic heterocycles. The van der Waals surface area contributed by atoms with Gasteiger partial charge in [0.15, 0.2) is 0 Å². The zero-order valence-corrected chi connectivity index (χ0v) is 9.67. The van der Waals surface area contributed by atoms with E-state index < -0.39 is 0 Å². The van der Waals surface area contributed by atoms with Crippen molar-refractivity contribution in [1.29, 1.82) is 0 Å². The highest BCUT2D eigenvalue weighted by molar-refractivity contribution is 5.81. The van der Waals surface area contributed by atoms with Gasteiger partial charge >= 0.3 is 0 Å². The van der Waals surface area contributed by atoms with Crippen molar-refractivity contribution in [2.45, 2.75) is 26.7 Å². The van der Waals surface area contributed by atoms with Crippen LogP contribution in [0.15, 0.2) is 18.2 Å². The van der Waals surface area contributed by atoms with Gasteiger partial charge in [0, 0.05) is 20.0 Å². The third-order valence-corrected chi connectivity index (χ3v) is 2.56. The number of benzene rings is 1. The first-order chi connectivity index (χ1) is 7.13. The molecule has 1 aromatic carbocycles. The number of carbonyl (C=O) groups is 1. The number of hydrogen-bond donors (Lipinski definition) is 0. The number of aryl methyl sites for hydroxylation is 2. The van der Waals surface area contributed by atoms with Gasteiger partial charge in [-0.15, -0.1) is 0 Å². The summed E-state index contributed by atoms with van der Waals surface area (Å²) in [5.74, 6) is 0.236. The Labute approximate surface area is 91.3 Å². The van der Waals surface area contributed by atoms with Crippen LogP contribution in [-0.2, 0) is 16.0 Å². The van der Waals surface area contributed by atoms with Gasteiger partial charge in [-0.05, 0) is 30.5 Å². The Morgan fingerprint density at radius 1 is 1.27 bits per heavy atom. The normalized spacial score (nSPS) is 10.3. The largest absolute Gasteiger partial charge is 0.384 e.